The van der Waals surface area contributed by atoms with Gasteiger partial charge in [-0.25, -0.2) is 0 Å². The first-order valence-electron chi connectivity index (χ1n) is 2.52. The van der Waals surface area contributed by atoms with Crippen LogP contribution in [0.4, 0.5) is 0 Å². The van der Waals surface area contributed by atoms with Crippen LogP contribution in [0.25, 0.3) is 0 Å². The second kappa shape index (κ2) is 3.60. The molecule has 0 aromatic heterocycles. The van der Waals surface area contributed by atoms with Crippen molar-refractivity contribution in [3.8, 4) is 0 Å². The minimum atomic E-state index is 0.158. The first-order chi connectivity index (χ1) is 3.93. The van der Waals surface area contributed by atoms with Crippen LogP contribution >= 0.6 is 0 Å². The molecular weight excluding hydrogens is 204 g/mol. The summed E-state index contributed by atoms with van der Waals surface area (Å²) in [6.45, 7) is 0. The molecule has 0 spiro atoms. The zero-order chi connectivity index (χ0) is 5.82. The zero-order valence-electron chi connectivity index (χ0n) is 4.79. The molecule has 8 heavy (non-hydrogen) atoms. The van der Waals surface area contributed by atoms with Gasteiger partial charge >= 0.3 is 66.5 Å². The van der Waals surface area contributed by atoms with Gasteiger partial charge in [0, 0.05) is 0 Å². The van der Waals surface area contributed by atoms with Crippen molar-refractivity contribution in [2.24, 2.45) is 0 Å². The van der Waals surface area contributed by atoms with Crippen molar-refractivity contribution < 1.29 is 0 Å². The molecule has 1 rings (SSSR count). The average molecular weight is 209 g/mol. The van der Waals surface area contributed by atoms with Crippen LogP contribution in [-0.4, -0.2) is 32.6 Å². The molecule has 0 heterocycles. The minimum absolute atomic E-state index is 0.158. The Morgan fingerprint density at radius 3 is 2.12 bits per heavy atom. The van der Waals surface area contributed by atoms with Crippen molar-refractivity contribution in [1.82, 2.24) is 0 Å². The summed E-state index contributed by atoms with van der Waals surface area (Å²) in [4.78, 5) is 0. The third-order valence-electron chi connectivity index (χ3n) is 0.979. The Labute approximate surface area is 66.2 Å². The number of benzene rings is 1. The van der Waals surface area contributed by atoms with E-state index >= 15 is 0 Å². The van der Waals surface area contributed by atoms with Gasteiger partial charge in [0.1, 0.15) is 0 Å². The van der Waals surface area contributed by atoms with Crippen molar-refractivity contribution >= 4 is 36.2 Å². The van der Waals surface area contributed by atoms with E-state index in [1.807, 2.05) is 0 Å². The summed E-state index contributed by atoms with van der Waals surface area (Å²) in [5.74, 6) is 0. The monoisotopic (exact) mass is 209 g/mol. The Bertz CT molecular complexity index is 150. The Balaban J connectivity index is 2.83. The molecule has 0 aliphatic rings. The fraction of sp³-hybridized carbons (Fsp3) is 0. The van der Waals surface area contributed by atoms with Crippen molar-refractivity contribution in [1.29, 1.82) is 0 Å². The van der Waals surface area contributed by atoms with Crippen LogP contribution in [0.1, 0.15) is 0 Å². The van der Waals surface area contributed by atoms with Crippen molar-refractivity contribution in [2.75, 3.05) is 0 Å². The van der Waals surface area contributed by atoms with E-state index < -0.39 is 0 Å². The fourth-order valence-electron chi connectivity index (χ4n) is 0.557. The summed E-state index contributed by atoms with van der Waals surface area (Å²) < 4.78 is 1.54. The van der Waals surface area contributed by atoms with E-state index in [-0.39, 0.29) is 18.3 Å². The number of hydrogen-bond acceptors (Lipinski definition) is 0. The summed E-state index contributed by atoms with van der Waals surface area (Å²) in [6.07, 6.45) is 0. The van der Waals surface area contributed by atoms with E-state index in [1.165, 1.54) is 3.61 Å². The molecule has 0 amide bonds. The Kier molecular flexibility index (Phi) is 3.02. The summed E-state index contributed by atoms with van der Waals surface area (Å²) in [7, 11) is 0. The standard InChI is InChI=1S/C6H6Te.Li/c7-6-4-2-1-3-5-6;/h1-5,7H;/q;+1/p-1/i7-3;. The Morgan fingerprint density at radius 2 is 1.75 bits per heavy atom. The summed E-state index contributed by atoms with van der Waals surface area (Å²) >= 11 is 2.45. The molecular formula is C6H5LiTe. The second-order valence-electron chi connectivity index (χ2n) is 1.52. The van der Waals surface area contributed by atoms with Crippen LogP contribution in [0.3, 0.4) is 0 Å². The molecule has 0 radical (unpaired) electrons. The SMILES string of the molecule is [Li][125Te]c1ccccc1. The molecule has 0 aliphatic carbocycles. The van der Waals surface area contributed by atoms with Crippen LogP contribution in [0.5, 0.6) is 0 Å². The van der Waals surface area contributed by atoms with Crippen LogP contribution in [0, 0.1) is 0 Å². The van der Waals surface area contributed by atoms with Gasteiger partial charge in [0.25, 0.3) is 0 Å². The van der Waals surface area contributed by atoms with Gasteiger partial charge in [0.2, 0.25) is 0 Å². The average Bonchev–Trinajstić information content (AvgIpc) is 1.90. The third kappa shape index (κ3) is 1.85. The third-order valence-corrected chi connectivity index (χ3v) is 3.10. The van der Waals surface area contributed by atoms with Gasteiger partial charge in [0.15, 0.2) is 0 Å². The summed E-state index contributed by atoms with van der Waals surface area (Å²) in [6, 6.07) is 10.7. The van der Waals surface area contributed by atoms with Crippen molar-refractivity contribution in [3.05, 3.63) is 30.3 Å². The summed E-state index contributed by atoms with van der Waals surface area (Å²) in [5, 5.41) is 0. The maximum absolute atomic E-state index is 2.29. The first kappa shape index (κ1) is 6.72. The van der Waals surface area contributed by atoms with E-state index in [9.17, 15) is 0 Å². The van der Waals surface area contributed by atoms with Crippen LogP contribution in [-0.2, 0) is 0 Å². The van der Waals surface area contributed by atoms with E-state index in [4.69, 9.17) is 0 Å². The van der Waals surface area contributed by atoms with Gasteiger partial charge in [-0.05, 0) is 0 Å². The normalized spacial score (nSPS) is 9.25. The van der Waals surface area contributed by atoms with Crippen LogP contribution in [0.2, 0.25) is 0 Å². The van der Waals surface area contributed by atoms with Gasteiger partial charge in [-0.3, -0.25) is 0 Å². The van der Waals surface area contributed by atoms with E-state index in [2.05, 4.69) is 44.7 Å². The molecule has 1 aromatic rings. The predicted molar refractivity (Wildman–Crippen MR) is 37.6 cm³/mol. The maximum atomic E-state index is 2.29. The first-order valence-corrected chi connectivity index (χ1v) is 6.02. The van der Waals surface area contributed by atoms with Gasteiger partial charge in [-0.15, -0.1) is 0 Å². The molecule has 0 atom stereocenters. The van der Waals surface area contributed by atoms with Crippen molar-refractivity contribution in [2.45, 2.75) is 0 Å². The second-order valence-corrected chi connectivity index (χ2v) is 4.03. The van der Waals surface area contributed by atoms with E-state index in [1.54, 1.807) is 0 Å². The molecule has 0 saturated heterocycles. The fourth-order valence-corrected chi connectivity index (χ4v) is 1.78. The molecule has 0 fully saturated rings. The molecule has 0 saturated carbocycles. The summed E-state index contributed by atoms with van der Waals surface area (Å²) in [5.41, 5.74) is 0. The van der Waals surface area contributed by atoms with Gasteiger partial charge in [-0.1, -0.05) is 0 Å². The van der Waals surface area contributed by atoms with Crippen LogP contribution < -0.4 is 3.61 Å². The Hall–Kier alpha value is 0.607. The predicted octanol–water partition coefficient (Wildman–Crippen LogP) is 0.0996. The van der Waals surface area contributed by atoms with E-state index in [0.717, 1.165) is 0 Å². The van der Waals surface area contributed by atoms with Crippen LogP contribution in [0.15, 0.2) is 30.3 Å². The van der Waals surface area contributed by atoms with E-state index in [0.29, 0.717) is 0 Å². The van der Waals surface area contributed by atoms with Gasteiger partial charge < -0.3 is 0 Å². The molecule has 36 valence electrons. The molecule has 0 bridgehead atoms. The van der Waals surface area contributed by atoms with Gasteiger partial charge in [0.05, 0.1) is 0 Å². The molecule has 0 aliphatic heterocycles. The zero-order valence-corrected chi connectivity index (χ0v) is 7.13. The molecule has 0 unspecified atom stereocenters. The number of rotatable bonds is 1. The molecule has 0 N–H and O–H groups in total. The topological polar surface area (TPSA) is 0 Å². The quantitative estimate of drug-likeness (QED) is 0.575. The molecule has 1 aromatic carbocycles. The molecule has 2 heteroatoms. The number of hydrogen-bond donors (Lipinski definition) is 0. The van der Waals surface area contributed by atoms with Gasteiger partial charge in [-0.2, -0.15) is 0 Å². The molecule has 0 nitrogen and oxygen atoms in total. The van der Waals surface area contributed by atoms with Crippen molar-refractivity contribution in [3.63, 3.8) is 0 Å². The Morgan fingerprint density at radius 1 is 1.12 bits per heavy atom.